The van der Waals surface area contributed by atoms with E-state index in [1.165, 1.54) is 44.5 Å². The molecule has 0 aliphatic carbocycles. The Morgan fingerprint density at radius 3 is 0.694 bits per heavy atom. The molecule has 0 aliphatic heterocycles. The molecule has 0 fully saturated rings. The SMILES string of the molecule is c1ccc(-c2cc(-c3ccccc3)cc(-c3cccc(-c4ccccc4-c4nc(-c5ccccc5)nc(-c5ccccc5-c5cccc(-c6cc(-c7ccccc7)cc(-c7ccccc7)c6)c5)n4)c3)c2)cc1. The highest BCUT2D eigenvalue weighted by atomic mass is 15.0. The average molecular weight is 918 g/mol. The molecule has 0 atom stereocenters. The Hall–Kier alpha value is -9.57. The zero-order valence-electron chi connectivity index (χ0n) is 39.5. The van der Waals surface area contributed by atoms with Crippen molar-refractivity contribution in [3.05, 3.63) is 285 Å². The topological polar surface area (TPSA) is 38.7 Å². The van der Waals surface area contributed by atoms with Crippen LogP contribution in [0.3, 0.4) is 0 Å². The Labute approximate surface area is 421 Å². The number of benzene rings is 11. The summed E-state index contributed by atoms with van der Waals surface area (Å²) in [5.41, 5.74) is 20.9. The third-order valence-corrected chi connectivity index (χ3v) is 13.3. The number of rotatable bonds is 11. The molecule has 12 rings (SSSR count). The number of nitrogens with zero attached hydrogens (tertiary/aromatic N) is 3. The van der Waals surface area contributed by atoms with Gasteiger partial charge in [-0.15, -0.1) is 0 Å². The van der Waals surface area contributed by atoms with E-state index in [1.807, 2.05) is 18.2 Å². The Morgan fingerprint density at radius 1 is 0.139 bits per heavy atom. The first kappa shape index (κ1) is 43.7. The van der Waals surface area contributed by atoms with Crippen LogP contribution in [0.5, 0.6) is 0 Å². The molecule has 0 bridgehead atoms. The van der Waals surface area contributed by atoms with Crippen LogP contribution in [0.1, 0.15) is 0 Å². The van der Waals surface area contributed by atoms with Gasteiger partial charge in [-0.1, -0.05) is 237 Å². The molecule has 0 spiro atoms. The molecule has 0 aliphatic rings. The Kier molecular flexibility index (Phi) is 12.0. The monoisotopic (exact) mass is 917 g/mol. The Balaban J connectivity index is 0.964. The molecule has 0 amide bonds. The quantitative estimate of drug-likeness (QED) is 0.130. The highest BCUT2D eigenvalue weighted by Crippen LogP contribution is 2.40. The number of hydrogen-bond donors (Lipinski definition) is 0. The first-order valence-electron chi connectivity index (χ1n) is 24.4. The minimum atomic E-state index is 0.604. The van der Waals surface area contributed by atoms with E-state index in [9.17, 15) is 0 Å². The highest BCUT2D eigenvalue weighted by Gasteiger charge is 2.19. The first-order valence-corrected chi connectivity index (χ1v) is 24.4. The van der Waals surface area contributed by atoms with E-state index in [4.69, 9.17) is 15.0 Å². The van der Waals surface area contributed by atoms with E-state index in [2.05, 4.69) is 267 Å². The van der Waals surface area contributed by atoms with E-state index in [-0.39, 0.29) is 0 Å². The summed E-state index contributed by atoms with van der Waals surface area (Å²) in [6, 6.07) is 101. The van der Waals surface area contributed by atoms with Gasteiger partial charge in [0.05, 0.1) is 0 Å². The van der Waals surface area contributed by atoms with Crippen LogP contribution in [-0.2, 0) is 0 Å². The second-order valence-corrected chi connectivity index (χ2v) is 18.0. The Bertz CT molecular complexity index is 3490. The minimum absolute atomic E-state index is 0.604. The summed E-state index contributed by atoms with van der Waals surface area (Å²) in [5, 5.41) is 0. The molecule has 1 heterocycles. The molecular formula is C69H47N3. The fourth-order valence-electron chi connectivity index (χ4n) is 9.70. The van der Waals surface area contributed by atoms with Gasteiger partial charge >= 0.3 is 0 Å². The molecule has 1 aromatic heterocycles. The van der Waals surface area contributed by atoms with Gasteiger partial charge in [0.25, 0.3) is 0 Å². The van der Waals surface area contributed by atoms with Crippen LogP contribution in [0.2, 0.25) is 0 Å². The van der Waals surface area contributed by atoms with Crippen LogP contribution in [-0.4, -0.2) is 15.0 Å². The minimum Gasteiger partial charge on any atom is -0.208 e. The van der Waals surface area contributed by atoms with E-state index in [0.29, 0.717) is 17.5 Å². The second kappa shape index (κ2) is 19.8. The lowest BCUT2D eigenvalue weighted by Gasteiger charge is -2.15. The van der Waals surface area contributed by atoms with E-state index < -0.39 is 0 Å². The molecule has 72 heavy (non-hydrogen) atoms. The van der Waals surface area contributed by atoms with Crippen LogP contribution in [0.15, 0.2) is 285 Å². The van der Waals surface area contributed by atoms with Crippen molar-refractivity contribution in [1.82, 2.24) is 15.0 Å². The average Bonchev–Trinajstić information content (AvgIpc) is 3.48. The number of hydrogen-bond acceptors (Lipinski definition) is 3. The lowest BCUT2D eigenvalue weighted by molar-refractivity contribution is 1.07. The van der Waals surface area contributed by atoms with Gasteiger partial charge in [-0.05, 0) is 138 Å². The fraction of sp³-hybridized carbons (Fsp3) is 0. The van der Waals surface area contributed by atoms with Crippen LogP contribution < -0.4 is 0 Å². The maximum atomic E-state index is 5.39. The fourth-order valence-corrected chi connectivity index (χ4v) is 9.70. The zero-order chi connectivity index (χ0) is 48.1. The predicted octanol–water partition coefficient (Wildman–Crippen LogP) is 18.2. The van der Waals surface area contributed by atoms with Crippen LogP contribution >= 0.6 is 0 Å². The largest absolute Gasteiger partial charge is 0.208 e. The molecule has 0 unspecified atom stereocenters. The van der Waals surface area contributed by atoms with Crippen molar-refractivity contribution >= 4 is 0 Å². The lowest BCUT2D eigenvalue weighted by Crippen LogP contribution is -2.02. The molecule has 0 N–H and O–H groups in total. The van der Waals surface area contributed by atoms with Gasteiger partial charge in [0.1, 0.15) is 0 Å². The molecule has 0 saturated carbocycles. The molecule has 0 saturated heterocycles. The maximum Gasteiger partial charge on any atom is 0.164 e. The Morgan fingerprint density at radius 2 is 0.361 bits per heavy atom. The van der Waals surface area contributed by atoms with Crippen LogP contribution in [0.4, 0.5) is 0 Å². The van der Waals surface area contributed by atoms with Crippen molar-refractivity contribution in [2.24, 2.45) is 0 Å². The van der Waals surface area contributed by atoms with Crippen LogP contribution in [0, 0.1) is 0 Å². The van der Waals surface area contributed by atoms with Gasteiger partial charge in [-0.25, -0.2) is 15.0 Å². The highest BCUT2D eigenvalue weighted by molar-refractivity contribution is 5.89. The smallest absolute Gasteiger partial charge is 0.164 e. The zero-order valence-corrected chi connectivity index (χ0v) is 39.5. The van der Waals surface area contributed by atoms with Gasteiger partial charge in [0.2, 0.25) is 0 Å². The van der Waals surface area contributed by atoms with Gasteiger partial charge in [0.15, 0.2) is 17.5 Å². The van der Waals surface area contributed by atoms with Crippen molar-refractivity contribution < 1.29 is 0 Å². The summed E-state index contributed by atoms with van der Waals surface area (Å²) in [6.45, 7) is 0. The molecule has 0 radical (unpaired) electrons. The third-order valence-electron chi connectivity index (χ3n) is 13.3. The van der Waals surface area contributed by atoms with E-state index in [1.54, 1.807) is 0 Å². The van der Waals surface area contributed by atoms with Gasteiger partial charge in [-0.3, -0.25) is 0 Å². The van der Waals surface area contributed by atoms with Crippen molar-refractivity contribution in [1.29, 1.82) is 0 Å². The van der Waals surface area contributed by atoms with Crippen molar-refractivity contribution in [2.75, 3.05) is 0 Å². The summed E-state index contributed by atoms with van der Waals surface area (Å²) >= 11 is 0. The summed E-state index contributed by atoms with van der Waals surface area (Å²) in [6.07, 6.45) is 0. The summed E-state index contributed by atoms with van der Waals surface area (Å²) in [7, 11) is 0. The van der Waals surface area contributed by atoms with Crippen molar-refractivity contribution in [2.45, 2.75) is 0 Å². The molecular weight excluding hydrogens is 871 g/mol. The van der Waals surface area contributed by atoms with Crippen molar-refractivity contribution in [3.63, 3.8) is 0 Å². The normalized spacial score (nSPS) is 11.1. The third kappa shape index (κ3) is 9.19. The standard InChI is InChI=1S/C69H47N3/c1-6-22-48(23-7-1)57-42-58(49-24-8-2-9-25-49)45-61(44-57)53-32-20-34-55(40-53)63-36-16-18-38-65(63)68-70-67(52-30-14-5-15-31-52)71-69(72-68)66-39-19-17-37-64(66)56-35-21-33-54(41-56)62-46-59(50-26-10-3-11-27-50)43-60(47-62)51-28-12-4-13-29-51/h1-47H. The van der Waals surface area contributed by atoms with Crippen molar-refractivity contribution in [3.8, 4) is 123 Å². The summed E-state index contributed by atoms with van der Waals surface area (Å²) in [5.74, 6) is 1.82. The van der Waals surface area contributed by atoms with E-state index in [0.717, 1.165) is 61.2 Å². The van der Waals surface area contributed by atoms with Crippen LogP contribution in [0.25, 0.3) is 123 Å². The van der Waals surface area contributed by atoms with Gasteiger partial charge in [0, 0.05) is 16.7 Å². The molecule has 3 heteroatoms. The van der Waals surface area contributed by atoms with Gasteiger partial charge < -0.3 is 0 Å². The summed E-state index contributed by atoms with van der Waals surface area (Å²) in [4.78, 5) is 15.9. The molecule has 12 aromatic rings. The summed E-state index contributed by atoms with van der Waals surface area (Å²) < 4.78 is 0. The second-order valence-electron chi connectivity index (χ2n) is 18.0. The van der Waals surface area contributed by atoms with Gasteiger partial charge in [-0.2, -0.15) is 0 Å². The predicted molar refractivity (Wildman–Crippen MR) is 300 cm³/mol. The lowest BCUT2D eigenvalue weighted by atomic mass is 9.91. The maximum absolute atomic E-state index is 5.39. The first-order chi connectivity index (χ1) is 35.7. The molecule has 3 nitrogen and oxygen atoms in total. The number of aromatic nitrogens is 3. The van der Waals surface area contributed by atoms with E-state index >= 15 is 0 Å². The molecule has 11 aromatic carbocycles. The molecule has 338 valence electrons.